The maximum Gasteiger partial charge on any atom is 0.263 e. The molecule has 4 rings (SSSR count). The number of amides is 1. The highest BCUT2D eigenvalue weighted by atomic mass is 16.5. The summed E-state index contributed by atoms with van der Waals surface area (Å²) in [4.78, 5) is 24.7. The van der Waals surface area contributed by atoms with Gasteiger partial charge in [0, 0.05) is 17.4 Å². The van der Waals surface area contributed by atoms with E-state index in [2.05, 4.69) is 30.7 Å². The number of anilines is 3. The first-order chi connectivity index (χ1) is 15.9. The molecule has 0 saturated heterocycles. The van der Waals surface area contributed by atoms with Gasteiger partial charge in [-0.15, -0.1) is 0 Å². The minimum absolute atomic E-state index is 0.160. The molecule has 0 aliphatic heterocycles. The number of aliphatic hydroxyl groups is 1. The fraction of sp³-hybridized carbons (Fsp3) is 0.174. The smallest absolute Gasteiger partial charge is 0.263 e. The van der Waals surface area contributed by atoms with Crippen LogP contribution in [0.3, 0.4) is 0 Å². The van der Waals surface area contributed by atoms with Gasteiger partial charge in [-0.1, -0.05) is 35.5 Å². The lowest BCUT2D eigenvalue weighted by Gasteiger charge is -2.19. The maximum absolute atomic E-state index is 11.5. The normalized spacial score (nSPS) is 11.7. The van der Waals surface area contributed by atoms with Crippen molar-refractivity contribution in [1.82, 2.24) is 20.1 Å². The van der Waals surface area contributed by atoms with Crippen molar-refractivity contribution in [3.8, 4) is 11.5 Å². The van der Waals surface area contributed by atoms with Crippen LogP contribution in [0.15, 0.2) is 59.3 Å². The number of carbonyl (C=O) groups is 1. The largest absolute Gasteiger partial charge is 0.394 e. The SMILES string of the molecule is Cc1noc(-c2cnc(Nc3ccc(C(N)=O)c(C)c3)nc2N[C@H](CO)c2ccccc2)n1. The second-order valence-electron chi connectivity index (χ2n) is 7.41. The Morgan fingerprint density at radius 3 is 2.58 bits per heavy atom. The third-order valence-corrected chi connectivity index (χ3v) is 4.99. The number of nitrogens with two attached hydrogens (primary N) is 1. The minimum atomic E-state index is -0.489. The number of carbonyl (C=O) groups excluding carboxylic acids is 1. The number of nitrogens with one attached hydrogen (secondary N) is 2. The standard InChI is InChI=1S/C23H23N7O3/c1-13-10-16(8-9-17(13)20(24)32)27-23-25-11-18(22-26-14(2)30-33-22)21(29-23)28-19(12-31)15-6-4-3-5-7-15/h3-11,19,31H,12H2,1-2H3,(H2,24,32)(H2,25,27,28,29)/t19-/m1/s1. The summed E-state index contributed by atoms with van der Waals surface area (Å²) >= 11 is 0. The molecule has 0 fully saturated rings. The number of benzene rings is 2. The summed E-state index contributed by atoms with van der Waals surface area (Å²) in [6.07, 6.45) is 1.56. The number of aryl methyl sites for hydroxylation is 2. The van der Waals surface area contributed by atoms with Crippen molar-refractivity contribution < 1.29 is 14.4 Å². The number of nitrogens with zero attached hydrogens (tertiary/aromatic N) is 4. The van der Waals surface area contributed by atoms with E-state index in [9.17, 15) is 9.90 Å². The van der Waals surface area contributed by atoms with Crippen molar-refractivity contribution >= 4 is 23.4 Å². The predicted octanol–water partition coefficient (Wildman–Crippen LogP) is 3.13. The number of hydrogen-bond acceptors (Lipinski definition) is 9. The fourth-order valence-electron chi connectivity index (χ4n) is 3.35. The first-order valence-corrected chi connectivity index (χ1v) is 10.2. The molecule has 0 radical (unpaired) electrons. The average molecular weight is 445 g/mol. The van der Waals surface area contributed by atoms with E-state index in [1.807, 2.05) is 30.3 Å². The van der Waals surface area contributed by atoms with Crippen molar-refractivity contribution in [2.75, 3.05) is 17.2 Å². The van der Waals surface area contributed by atoms with E-state index in [4.69, 9.17) is 10.3 Å². The van der Waals surface area contributed by atoms with Crippen LogP contribution in [0.25, 0.3) is 11.5 Å². The van der Waals surface area contributed by atoms with Gasteiger partial charge in [-0.2, -0.15) is 9.97 Å². The molecule has 0 bridgehead atoms. The van der Waals surface area contributed by atoms with E-state index in [-0.39, 0.29) is 12.5 Å². The second kappa shape index (κ2) is 9.45. The molecule has 1 amide bonds. The Kier molecular flexibility index (Phi) is 6.27. The summed E-state index contributed by atoms with van der Waals surface area (Å²) in [5.41, 5.74) is 8.63. The summed E-state index contributed by atoms with van der Waals surface area (Å²) in [6, 6.07) is 14.2. The molecule has 0 spiro atoms. The lowest BCUT2D eigenvalue weighted by molar-refractivity contribution is 0.0999. The van der Waals surface area contributed by atoms with Gasteiger partial charge in [0.2, 0.25) is 11.9 Å². The van der Waals surface area contributed by atoms with Gasteiger partial charge in [-0.3, -0.25) is 4.79 Å². The van der Waals surface area contributed by atoms with Gasteiger partial charge in [0.1, 0.15) is 11.4 Å². The third kappa shape index (κ3) is 4.96. The molecule has 168 valence electrons. The minimum Gasteiger partial charge on any atom is -0.394 e. The number of hydrogen-bond donors (Lipinski definition) is 4. The molecular weight excluding hydrogens is 422 g/mol. The van der Waals surface area contributed by atoms with Crippen LogP contribution in [0.5, 0.6) is 0 Å². The Balaban J connectivity index is 1.69. The van der Waals surface area contributed by atoms with Gasteiger partial charge in [0.15, 0.2) is 5.82 Å². The Morgan fingerprint density at radius 2 is 1.94 bits per heavy atom. The summed E-state index contributed by atoms with van der Waals surface area (Å²) in [5, 5.41) is 20.2. The Labute approximate surface area is 189 Å². The number of aromatic nitrogens is 4. The lowest BCUT2D eigenvalue weighted by atomic mass is 10.1. The fourth-order valence-corrected chi connectivity index (χ4v) is 3.35. The molecule has 5 N–H and O–H groups in total. The number of rotatable bonds is 8. The van der Waals surface area contributed by atoms with Gasteiger partial charge in [-0.05, 0) is 43.2 Å². The Bertz CT molecular complexity index is 1270. The molecule has 0 aliphatic rings. The molecule has 1 atom stereocenters. The van der Waals surface area contributed by atoms with Crippen molar-refractivity contribution in [2.24, 2.45) is 5.73 Å². The molecule has 2 heterocycles. The quantitative estimate of drug-likeness (QED) is 0.320. The van der Waals surface area contributed by atoms with Crippen LogP contribution >= 0.6 is 0 Å². The van der Waals surface area contributed by atoms with Crippen LogP contribution in [0.4, 0.5) is 17.5 Å². The Morgan fingerprint density at radius 1 is 1.15 bits per heavy atom. The molecule has 0 saturated carbocycles. The second-order valence-corrected chi connectivity index (χ2v) is 7.41. The monoisotopic (exact) mass is 445 g/mol. The molecule has 2 aromatic carbocycles. The summed E-state index contributed by atoms with van der Waals surface area (Å²) < 4.78 is 5.31. The van der Waals surface area contributed by atoms with Crippen molar-refractivity contribution in [2.45, 2.75) is 19.9 Å². The van der Waals surface area contributed by atoms with E-state index >= 15 is 0 Å². The van der Waals surface area contributed by atoms with E-state index in [0.717, 1.165) is 11.1 Å². The molecule has 0 unspecified atom stereocenters. The molecule has 33 heavy (non-hydrogen) atoms. The maximum atomic E-state index is 11.5. The molecule has 2 aromatic heterocycles. The van der Waals surface area contributed by atoms with Gasteiger partial charge in [0.05, 0.1) is 12.6 Å². The highest BCUT2D eigenvalue weighted by Gasteiger charge is 2.19. The average Bonchev–Trinajstić information content (AvgIpc) is 3.24. The van der Waals surface area contributed by atoms with Crippen LogP contribution in [0.2, 0.25) is 0 Å². The van der Waals surface area contributed by atoms with E-state index in [1.54, 1.807) is 38.2 Å². The molecular formula is C23H23N7O3. The zero-order chi connectivity index (χ0) is 23.4. The van der Waals surface area contributed by atoms with Gasteiger partial charge >= 0.3 is 0 Å². The first kappa shape index (κ1) is 21.9. The molecule has 0 aliphatic carbocycles. The number of aliphatic hydroxyl groups excluding tert-OH is 1. The summed E-state index contributed by atoms with van der Waals surface area (Å²) in [6.45, 7) is 3.36. The van der Waals surface area contributed by atoms with Gasteiger partial charge < -0.3 is 26.0 Å². The predicted molar refractivity (Wildman–Crippen MR) is 123 cm³/mol. The zero-order valence-electron chi connectivity index (χ0n) is 18.1. The van der Waals surface area contributed by atoms with Crippen molar-refractivity contribution in [3.05, 3.63) is 77.2 Å². The topological polar surface area (TPSA) is 152 Å². The van der Waals surface area contributed by atoms with Crippen molar-refractivity contribution in [3.63, 3.8) is 0 Å². The Hall–Kier alpha value is -4.31. The third-order valence-electron chi connectivity index (χ3n) is 4.99. The van der Waals surface area contributed by atoms with Gasteiger partial charge in [0.25, 0.3) is 5.89 Å². The highest BCUT2D eigenvalue weighted by molar-refractivity contribution is 5.94. The van der Waals surface area contributed by atoms with Crippen LogP contribution in [0.1, 0.15) is 33.4 Å². The van der Waals surface area contributed by atoms with E-state index in [1.165, 1.54) is 0 Å². The van der Waals surface area contributed by atoms with Crippen LogP contribution < -0.4 is 16.4 Å². The molecule has 4 aromatic rings. The lowest BCUT2D eigenvalue weighted by Crippen LogP contribution is -2.17. The molecule has 10 nitrogen and oxygen atoms in total. The van der Waals surface area contributed by atoms with Crippen LogP contribution in [-0.4, -0.2) is 37.7 Å². The highest BCUT2D eigenvalue weighted by Crippen LogP contribution is 2.29. The first-order valence-electron chi connectivity index (χ1n) is 10.2. The number of primary amides is 1. The zero-order valence-corrected chi connectivity index (χ0v) is 18.1. The van der Waals surface area contributed by atoms with Crippen molar-refractivity contribution in [1.29, 1.82) is 0 Å². The summed E-state index contributed by atoms with van der Waals surface area (Å²) in [5.74, 6) is 0.952. The molecule has 10 heteroatoms. The van der Waals surface area contributed by atoms with Crippen LogP contribution in [0, 0.1) is 13.8 Å². The van der Waals surface area contributed by atoms with Gasteiger partial charge in [-0.25, -0.2) is 4.98 Å². The van der Waals surface area contributed by atoms with E-state index < -0.39 is 11.9 Å². The van der Waals surface area contributed by atoms with E-state index in [0.29, 0.717) is 34.4 Å². The van der Waals surface area contributed by atoms with Crippen LogP contribution in [-0.2, 0) is 0 Å². The summed E-state index contributed by atoms with van der Waals surface area (Å²) in [7, 11) is 0.